The summed E-state index contributed by atoms with van der Waals surface area (Å²) < 4.78 is 0. The molecular weight excluding hydrogens is 433 g/mol. The van der Waals surface area contributed by atoms with E-state index in [1.165, 1.54) is 0 Å². The highest BCUT2D eigenvalue weighted by Crippen LogP contribution is 2.31. The lowest BCUT2D eigenvalue weighted by atomic mass is 9.80. The second kappa shape index (κ2) is 10.5. The fourth-order valence-corrected chi connectivity index (χ4v) is 3.08. The van der Waals surface area contributed by atoms with Crippen molar-refractivity contribution in [1.29, 1.82) is 0 Å². The van der Waals surface area contributed by atoms with Crippen LogP contribution in [0.2, 0.25) is 0 Å². The summed E-state index contributed by atoms with van der Waals surface area (Å²) in [6, 6.07) is 0.184. The zero-order chi connectivity index (χ0) is 17.6. The third kappa shape index (κ3) is 7.26. The maximum atomic E-state index is 11.9. The van der Waals surface area contributed by atoms with E-state index >= 15 is 0 Å². The molecule has 1 saturated heterocycles. The maximum Gasteiger partial charge on any atom is 0.234 e. The largest absolute Gasteiger partial charge is 0.388 e. The van der Waals surface area contributed by atoms with Crippen molar-refractivity contribution in [3.8, 4) is 0 Å². The number of aliphatic hydroxyl groups is 1. The van der Waals surface area contributed by atoms with Gasteiger partial charge in [0, 0.05) is 38.8 Å². The third-order valence-corrected chi connectivity index (χ3v) is 4.63. The zero-order valence-corrected chi connectivity index (χ0v) is 18.1. The van der Waals surface area contributed by atoms with Crippen molar-refractivity contribution in [2.24, 2.45) is 4.99 Å². The minimum Gasteiger partial charge on any atom is -0.388 e. The standard InChI is InChI=1S/C17H33N5O2.HI/c1-4-18-16(19-13-17(24)6-5-7-17)22-10-8-21(9-11-22)12-15(23)20-14(2)3;/h14,24H,4-13H2,1-3H3,(H,18,19)(H,20,23);1H. The predicted molar refractivity (Wildman–Crippen MR) is 111 cm³/mol. The van der Waals surface area contributed by atoms with E-state index in [9.17, 15) is 9.90 Å². The van der Waals surface area contributed by atoms with E-state index in [4.69, 9.17) is 0 Å². The Bertz CT molecular complexity index is 446. The van der Waals surface area contributed by atoms with Gasteiger partial charge in [-0.2, -0.15) is 0 Å². The average molecular weight is 467 g/mol. The topological polar surface area (TPSA) is 80.2 Å². The van der Waals surface area contributed by atoms with Gasteiger partial charge in [0.15, 0.2) is 5.96 Å². The number of nitrogens with zero attached hydrogens (tertiary/aromatic N) is 3. The Morgan fingerprint density at radius 1 is 1.24 bits per heavy atom. The highest BCUT2D eigenvalue weighted by atomic mass is 127. The smallest absolute Gasteiger partial charge is 0.234 e. The van der Waals surface area contributed by atoms with Crippen LogP contribution in [0.3, 0.4) is 0 Å². The normalized spacial score (nSPS) is 20.7. The van der Waals surface area contributed by atoms with Gasteiger partial charge in [0.2, 0.25) is 5.91 Å². The molecule has 0 atom stereocenters. The van der Waals surface area contributed by atoms with Gasteiger partial charge >= 0.3 is 0 Å². The summed E-state index contributed by atoms with van der Waals surface area (Å²) in [6.45, 7) is 11.1. The highest BCUT2D eigenvalue weighted by molar-refractivity contribution is 14.0. The van der Waals surface area contributed by atoms with Crippen molar-refractivity contribution >= 4 is 35.8 Å². The molecule has 0 bridgehead atoms. The van der Waals surface area contributed by atoms with Crippen LogP contribution >= 0.6 is 24.0 Å². The summed E-state index contributed by atoms with van der Waals surface area (Å²) in [6.07, 6.45) is 2.81. The van der Waals surface area contributed by atoms with Crippen LogP contribution in [0.25, 0.3) is 0 Å². The van der Waals surface area contributed by atoms with E-state index in [2.05, 4.69) is 32.3 Å². The molecule has 0 radical (unpaired) electrons. The van der Waals surface area contributed by atoms with E-state index in [-0.39, 0.29) is 35.9 Å². The Morgan fingerprint density at radius 2 is 1.88 bits per heavy atom. The molecule has 2 fully saturated rings. The number of guanidine groups is 1. The lowest BCUT2D eigenvalue weighted by Crippen LogP contribution is -2.54. The van der Waals surface area contributed by atoms with Crippen LogP contribution < -0.4 is 10.6 Å². The first-order valence-electron chi connectivity index (χ1n) is 9.19. The fraction of sp³-hybridized carbons (Fsp3) is 0.882. The number of rotatable bonds is 6. The predicted octanol–water partition coefficient (Wildman–Crippen LogP) is 0.627. The summed E-state index contributed by atoms with van der Waals surface area (Å²) >= 11 is 0. The van der Waals surface area contributed by atoms with Gasteiger partial charge in [-0.25, -0.2) is 0 Å². The van der Waals surface area contributed by atoms with E-state index in [0.29, 0.717) is 13.1 Å². The molecule has 2 rings (SSSR count). The monoisotopic (exact) mass is 467 g/mol. The number of carbonyl (C=O) groups is 1. The number of piperazine rings is 1. The lowest BCUT2D eigenvalue weighted by molar-refractivity contribution is -0.123. The van der Waals surface area contributed by atoms with E-state index < -0.39 is 5.60 Å². The number of carbonyl (C=O) groups excluding carboxylic acids is 1. The van der Waals surface area contributed by atoms with Crippen LogP contribution in [-0.2, 0) is 4.79 Å². The second-order valence-corrected chi connectivity index (χ2v) is 7.23. The number of nitrogens with one attached hydrogen (secondary N) is 2. The number of halogens is 1. The molecule has 0 unspecified atom stereocenters. The van der Waals surface area contributed by atoms with Crippen LogP contribution in [0.4, 0.5) is 0 Å². The Morgan fingerprint density at radius 3 is 2.36 bits per heavy atom. The van der Waals surface area contributed by atoms with E-state index in [1.54, 1.807) is 0 Å². The van der Waals surface area contributed by atoms with Gasteiger partial charge in [-0.15, -0.1) is 24.0 Å². The van der Waals surface area contributed by atoms with E-state index in [0.717, 1.165) is 57.9 Å². The number of amides is 1. The summed E-state index contributed by atoms with van der Waals surface area (Å²) in [5.74, 6) is 0.968. The molecule has 1 aliphatic carbocycles. The zero-order valence-electron chi connectivity index (χ0n) is 15.8. The molecule has 1 aliphatic heterocycles. The van der Waals surface area contributed by atoms with Gasteiger partial charge in [0.25, 0.3) is 0 Å². The van der Waals surface area contributed by atoms with Crippen LogP contribution in [0, 0.1) is 0 Å². The van der Waals surface area contributed by atoms with Gasteiger partial charge in [-0.1, -0.05) is 0 Å². The maximum absolute atomic E-state index is 11.9. The first kappa shape index (κ1) is 22.4. The van der Waals surface area contributed by atoms with Crippen molar-refractivity contribution in [2.75, 3.05) is 45.8 Å². The summed E-state index contributed by atoms with van der Waals surface area (Å²) in [5, 5.41) is 16.5. The fourth-order valence-electron chi connectivity index (χ4n) is 3.08. The molecule has 2 aliphatic rings. The molecule has 0 spiro atoms. The Labute approximate surface area is 168 Å². The van der Waals surface area contributed by atoms with Gasteiger partial charge in [-0.3, -0.25) is 14.7 Å². The molecule has 3 N–H and O–H groups in total. The average Bonchev–Trinajstić information content (AvgIpc) is 2.49. The number of hydrogen-bond donors (Lipinski definition) is 3. The molecule has 146 valence electrons. The van der Waals surface area contributed by atoms with Gasteiger partial charge < -0.3 is 20.6 Å². The van der Waals surface area contributed by atoms with Crippen molar-refractivity contribution < 1.29 is 9.90 Å². The Balaban J connectivity index is 0.00000312. The van der Waals surface area contributed by atoms with Crippen molar-refractivity contribution in [3.05, 3.63) is 0 Å². The molecule has 8 heteroatoms. The second-order valence-electron chi connectivity index (χ2n) is 7.23. The Kier molecular flexibility index (Phi) is 9.44. The van der Waals surface area contributed by atoms with Gasteiger partial charge in [0.1, 0.15) is 0 Å². The first-order chi connectivity index (χ1) is 11.4. The van der Waals surface area contributed by atoms with Gasteiger partial charge in [-0.05, 0) is 40.0 Å². The molecule has 1 heterocycles. The quantitative estimate of drug-likeness (QED) is 0.304. The third-order valence-electron chi connectivity index (χ3n) is 4.63. The van der Waals surface area contributed by atoms with Crippen LogP contribution in [0.15, 0.2) is 4.99 Å². The number of aliphatic imine (C=N–C) groups is 1. The molecule has 25 heavy (non-hydrogen) atoms. The summed E-state index contributed by atoms with van der Waals surface area (Å²) in [5.41, 5.74) is -0.586. The molecule has 0 aromatic carbocycles. The molecule has 0 aromatic heterocycles. The molecule has 1 saturated carbocycles. The van der Waals surface area contributed by atoms with Gasteiger partial charge in [0.05, 0.1) is 18.7 Å². The van der Waals surface area contributed by atoms with Crippen LogP contribution in [0.1, 0.15) is 40.0 Å². The van der Waals surface area contributed by atoms with Crippen molar-refractivity contribution in [2.45, 2.75) is 51.7 Å². The van der Waals surface area contributed by atoms with Crippen molar-refractivity contribution in [3.63, 3.8) is 0 Å². The highest BCUT2D eigenvalue weighted by Gasteiger charge is 2.34. The summed E-state index contributed by atoms with van der Waals surface area (Å²) in [7, 11) is 0. The van der Waals surface area contributed by atoms with Crippen LogP contribution in [0.5, 0.6) is 0 Å². The minimum absolute atomic E-state index is 0. The summed E-state index contributed by atoms with van der Waals surface area (Å²) in [4.78, 5) is 20.9. The van der Waals surface area contributed by atoms with Crippen molar-refractivity contribution in [1.82, 2.24) is 20.4 Å². The van der Waals surface area contributed by atoms with E-state index in [1.807, 2.05) is 13.8 Å². The van der Waals surface area contributed by atoms with Crippen LogP contribution in [-0.4, -0.2) is 84.2 Å². The minimum atomic E-state index is -0.586. The molecule has 7 nitrogen and oxygen atoms in total. The molecule has 0 aromatic rings. The SMILES string of the molecule is CCNC(=NCC1(O)CCC1)N1CCN(CC(=O)NC(C)C)CC1.I. The lowest BCUT2D eigenvalue weighted by Gasteiger charge is -2.38. The Hall–Kier alpha value is -0.610. The molecule has 1 amide bonds. The first-order valence-corrected chi connectivity index (χ1v) is 9.19. The number of hydrogen-bond acceptors (Lipinski definition) is 4. The molecular formula is C17H34IN5O2.